The number of methoxy groups -OCH3 is 1. The minimum absolute atomic E-state index is 0.0682. The van der Waals surface area contributed by atoms with Crippen LogP contribution in [0.3, 0.4) is 0 Å². The van der Waals surface area contributed by atoms with Crippen molar-refractivity contribution in [1.82, 2.24) is 20.0 Å². The topological polar surface area (TPSA) is 98.8 Å². The van der Waals surface area contributed by atoms with Crippen molar-refractivity contribution in [3.8, 4) is 11.1 Å². The highest BCUT2D eigenvalue weighted by Crippen LogP contribution is 2.32. The lowest BCUT2D eigenvalue weighted by atomic mass is 10.1. The number of H-pyrrole nitrogens is 1. The number of hydrogen-bond donors (Lipinski definition) is 2. The largest absolute Gasteiger partial charge is 0.468 e. The van der Waals surface area contributed by atoms with Crippen molar-refractivity contribution in [3.05, 3.63) is 29.0 Å². The van der Waals surface area contributed by atoms with E-state index in [1.807, 2.05) is 12.1 Å². The lowest BCUT2D eigenvalue weighted by Crippen LogP contribution is -2.11. The van der Waals surface area contributed by atoms with E-state index in [-0.39, 0.29) is 12.5 Å². The van der Waals surface area contributed by atoms with Crippen LogP contribution in [0.1, 0.15) is 0 Å². The Morgan fingerprint density at radius 2 is 2.33 bits per heavy atom. The number of anilines is 1. The van der Waals surface area contributed by atoms with Crippen LogP contribution >= 0.6 is 15.9 Å². The van der Waals surface area contributed by atoms with Crippen molar-refractivity contribution in [2.75, 3.05) is 12.8 Å². The molecular weight excluding hydrogens is 338 g/mol. The maximum atomic E-state index is 11.3. The Bertz CT molecular complexity index is 823. The van der Waals surface area contributed by atoms with Gasteiger partial charge in [-0.15, -0.1) is 0 Å². The number of benzene rings is 1. The molecule has 3 rings (SSSR count). The number of carbonyl (C=O) groups excluding carboxylic acids is 1. The van der Waals surface area contributed by atoms with Gasteiger partial charge in [0.25, 0.3) is 0 Å². The van der Waals surface area contributed by atoms with Crippen molar-refractivity contribution >= 4 is 38.6 Å². The van der Waals surface area contributed by atoms with Gasteiger partial charge in [-0.05, 0) is 12.1 Å². The number of esters is 1. The summed E-state index contributed by atoms with van der Waals surface area (Å²) in [7, 11) is 1.35. The molecule has 7 nitrogen and oxygen atoms in total. The number of halogens is 1. The van der Waals surface area contributed by atoms with Gasteiger partial charge in [0, 0.05) is 27.2 Å². The molecule has 108 valence electrons. The average Bonchev–Trinajstić information content (AvgIpc) is 3.06. The SMILES string of the molecule is COC(=O)Cn1cc(-c2cc(Br)cc3c(N)n[nH]c23)cn1. The smallest absolute Gasteiger partial charge is 0.327 e. The highest BCUT2D eigenvalue weighted by Gasteiger charge is 2.13. The van der Waals surface area contributed by atoms with Gasteiger partial charge in [-0.2, -0.15) is 10.2 Å². The quantitative estimate of drug-likeness (QED) is 0.704. The molecule has 3 aromatic rings. The predicted molar refractivity (Wildman–Crippen MR) is 81.4 cm³/mol. The van der Waals surface area contributed by atoms with Crippen LogP contribution in [-0.2, 0) is 16.1 Å². The lowest BCUT2D eigenvalue weighted by Gasteiger charge is -2.02. The second-order valence-corrected chi connectivity index (χ2v) is 5.40. The van der Waals surface area contributed by atoms with E-state index in [1.54, 1.807) is 12.4 Å². The normalized spacial score (nSPS) is 11.0. The summed E-state index contributed by atoms with van der Waals surface area (Å²) < 4.78 is 7.03. The zero-order valence-corrected chi connectivity index (χ0v) is 12.7. The van der Waals surface area contributed by atoms with E-state index in [0.29, 0.717) is 5.82 Å². The van der Waals surface area contributed by atoms with Crippen LogP contribution in [-0.4, -0.2) is 33.1 Å². The third kappa shape index (κ3) is 2.49. The van der Waals surface area contributed by atoms with Crippen molar-refractivity contribution in [2.45, 2.75) is 6.54 Å². The first-order valence-electron chi connectivity index (χ1n) is 6.11. The van der Waals surface area contributed by atoms with Crippen molar-refractivity contribution < 1.29 is 9.53 Å². The molecule has 1 aromatic carbocycles. The molecule has 0 saturated heterocycles. The van der Waals surface area contributed by atoms with Crippen LogP contribution in [0.25, 0.3) is 22.0 Å². The maximum absolute atomic E-state index is 11.3. The Kier molecular flexibility index (Phi) is 3.38. The Morgan fingerprint density at radius 3 is 3.10 bits per heavy atom. The van der Waals surface area contributed by atoms with E-state index in [9.17, 15) is 4.79 Å². The third-order valence-electron chi connectivity index (χ3n) is 3.13. The van der Waals surface area contributed by atoms with E-state index in [4.69, 9.17) is 5.73 Å². The molecule has 0 unspecified atom stereocenters. The molecule has 0 fully saturated rings. The van der Waals surface area contributed by atoms with E-state index >= 15 is 0 Å². The number of nitrogens with one attached hydrogen (secondary N) is 1. The number of carbonyl (C=O) groups is 1. The highest BCUT2D eigenvalue weighted by atomic mass is 79.9. The summed E-state index contributed by atoms with van der Waals surface area (Å²) >= 11 is 3.46. The molecule has 0 aliphatic heterocycles. The van der Waals surface area contributed by atoms with E-state index in [0.717, 1.165) is 26.5 Å². The fourth-order valence-electron chi connectivity index (χ4n) is 2.12. The number of rotatable bonds is 3. The summed E-state index contributed by atoms with van der Waals surface area (Å²) in [5.74, 6) is 0.0873. The van der Waals surface area contributed by atoms with Crippen molar-refractivity contribution in [1.29, 1.82) is 0 Å². The fourth-order valence-corrected chi connectivity index (χ4v) is 2.58. The zero-order valence-electron chi connectivity index (χ0n) is 11.1. The van der Waals surface area contributed by atoms with Gasteiger partial charge >= 0.3 is 5.97 Å². The molecule has 0 aliphatic carbocycles. The molecule has 0 amide bonds. The number of ether oxygens (including phenoxy) is 1. The summed E-state index contributed by atoms with van der Waals surface area (Å²) in [6.45, 7) is 0.0682. The Balaban J connectivity index is 2.06. The molecule has 2 aromatic heterocycles. The van der Waals surface area contributed by atoms with Gasteiger partial charge in [-0.25, -0.2) is 0 Å². The maximum Gasteiger partial charge on any atom is 0.327 e. The average molecular weight is 350 g/mol. The van der Waals surface area contributed by atoms with Gasteiger partial charge < -0.3 is 10.5 Å². The summed E-state index contributed by atoms with van der Waals surface area (Å²) in [6.07, 6.45) is 3.45. The summed E-state index contributed by atoms with van der Waals surface area (Å²) in [6, 6.07) is 3.84. The molecule has 3 N–H and O–H groups in total. The van der Waals surface area contributed by atoms with Gasteiger partial charge in [0.15, 0.2) is 5.82 Å². The molecular formula is C13H12BrN5O2. The van der Waals surface area contributed by atoms with Gasteiger partial charge in [-0.3, -0.25) is 14.6 Å². The molecule has 0 bridgehead atoms. The molecule has 0 aliphatic rings. The minimum atomic E-state index is -0.352. The van der Waals surface area contributed by atoms with Crippen LogP contribution in [0, 0.1) is 0 Å². The molecule has 0 spiro atoms. The molecule has 0 radical (unpaired) electrons. The van der Waals surface area contributed by atoms with Crippen LogP contribution in [0.2, 0.25) is 0 Å². The van der Waals surface area contributed by atoms with E-state index in [2.05, 4.69) is 36.0 Å². The Labute approximate surface area is 128 Å². The van der Waals surface area contributed by atoms with Gasteiger partial charge in [0.2, 0.25) is 0 Å². The summed E-state index contributed by atoms with van der Waals surface area (Å²) in [5, 5.41) is 11.9. The number of aromatic amines is 1. The predicted octanol–water partition coefficient (Wildman–Crippen LogP) is 1.94. The van der Waals surface area contributed by atoms with Crippen LogP contribution in [0.5, 0.6) is 0 Å². The number of fused-ring (bicyclic) bond motifs is 1. The van der Waals surface area contributed by atoms with Crippen molar-refractivity contribution in [2.24, 2.45) is 0 Å². The monoisotopic (exact) mass is 349 g/mol. The first-order chi connectivity index (χ1) is 10.1. The fraction of sp³-hybridized carbons (Fsp3) is 0.154. The molecule has 0 atom stereocenters. The van der Waals surface area contributed by atoms with Crippen LogP contribution in [0.4, 0.5) is 5.82 Å². The lowest BCUT2D eigenvalue weighted by molar-refractivity contribution is -0.141. The first kappa shape index (κ1) is 13.6. The molecule has 0 saturated carbocycles. The number of nitrogens with two attached hydrogens (primary N) is 1. The molecule has 2 heterocycles. The van der Waals surface area contributed by atoms with E-state index in [1.165, 1.54) is 11.8 Å². The second-order valence-electron chi connectivity index (χ2n) is 4.49. The standard InChI is InChI=1S/C13H12BrN5O2/c1-21-11(20)6-19-5-7(4-16-19)9-2-8(14)3-10-12(9)17-18-13(10)15/h2-5H,6H2,1H3,(H3,15,17,18). The minimum Gasteiger partial charge on any atom is -0.468 e. The molecule has 21 heavy (non-hydrogen) atoms. The first-order valence-corrected chi connectivity index (χ1v) is 6.90. The van der Waals surface area contributed by atoms with Gasteiger partial charge in [-0.1, -0.05) is 15.9 Å². The second kappa shape index (κ2) is 5.21. The van der Waals surface area contributed by atoms with Gasteiger partial charge in [0.05, 0.1) is 18.8 Å². The van der Waals surface area contributed by atoms with E-state index < -0.39 is 0 Å². The Morgan fingerprint density at radius 1 is 1.52 bits per heavy atom. The zero-order chi connectivity index (χ0) is 15.0. The van der Waals surface area contributed by atoms with Crippen LogP contribution < -0.4 is 5.73 Å². The summed E-state index contributed by atoms with van der Waals surface area (Å²) in [4.78, 5) is 11.3. The number of aromatic nitrogens is 4. The van der Waals surface area contributed by atoms with Gasteiger partial charge in [0.1, 0.15) is 6.54 Å². The van der Waals surface area contributed by atoms with Crippen molar-refractivity contribution in [3.63, 3.8) is 0 Å². The summed E-state index contributed by atoms with van der Waals surface area (Å²) in [5.41, 5.74) is 8.42. The van der Waals surface area contributed by atoms with Crippen LogP contribution in [0.15, 0.2) is 29.0 Å². The number of nitrogens with zero attached hydrogens (tertiary/aromatic N) is 3. The molecule has 8 heteroatoms. The third-order valence-corrected chi connectivity index (χ3v) is 3.59. The number of hydrogen-bond acceptors (Lipinski definition) is 5. The highest BCUT2D eigenvalue weighted by molar-refractivity contribution is 9.10. The Hall–Kier alpha value is -2.35. The number of nitrogen functional groups attached to an aromatic ring is 1.